The van der Waals surface area contributed by atoms with Gasteiger partial charge in [0, 0.05) is 52.3 Å². The number of likely N-dealkylation sites (N-methyl/N-ethyl adjacent to an activating group) is 1. The van der Waals surface area contributed by atoms with Crippen molar-refractivity contribution in [3.63, 3.8) is 0 Å². The Balaban J connectivity index is 1.50. The van der Waals surface area contributed by atoms with E-state index in [-0.39, 0.29) is 17.2 Å². The monoisotopic (exact) mass is 747 g/mol. The third-order valence-corrected chi connectivity index (χ3v) is 10.8. The highest BCUT2D eigenvalue weighted by Gasteiger charge is 2.34. The van der Waals surface area contributed by atoms with Crippen LogP contribution in [0.3, 0.4) is 0 Å². The Morgan fingerprint density at radius 2 is 1.78 bits per heavy atom. The largest absolute Gasteiger partial charge is 0.339 e. The number of nitro benzene ring substituents is 1. The molecule has 3 aromatic carbocycles. The predicted molar refractivity (Wildman–Crippen MR) is 197 cm³/mol. The lowest BCUT2D eigenvalue weighted by Crippen LogP contribution is -2.43. The predicted octanol–water partition coefficient (Wildman–Crippen LogP) is 6.75. The number of aromatic nitrogens is 4. The molecule has 0 fully saturated rings. The zero-order valence-corrected chi connectivity index (χ0v) is 30.6. The fourth-order valence-corrected chi connectivity index (χ4v) is 8.15. The number of carbonyl (C=O) groups excluding carboxylic acids is 1. The Bertz CT molecular complexity index is 2350. The number of halogens is 2. The zero-order valence-electron chi connectivity index (χ0n) is 27.5. The number of hydrogen-bond acceptors (Lipinski definition) is 9. The summed E-state index contributed by atoms with van der Waals surface area (Å²) in [6.45, 7) is 9.08. The zero-order chi connectivity index (χ0) is 35.7. The number of hydrogen-bond donors (Lipinski definition) is 0. The molecule has 0 spiro atoms. The maximum atomic E-state index is 14.4. The topological polar surface area (TPSA) is 129 Å². The van der Waals surface area contributed by atoms with Crippen molar-refractivity contribution in [2.75, 3.05) is 13.1 Å². The van der Waals surface area contributed by atoms with Crippen molar-refractivity contribution < 1.29 is 9.72 Å². The maximum absolute atomic E-state index is 14.4. The number of fused-ring (bicyclic) bond motifs is 1. The van der Waals surface area contributed by atoms with Crippen LogP contribution in [0.15, 0.2) is 97.8 Å². The minimum absolute atomic E-state index is 0.132. The van der Waals surface area contributed by atoms with Gasteiger partial charge in [-0.2, -0.15) is 0 Å². The molecule has 1 aliphatic rings. The molecule has 50 heavy (non-hydrogen) atoms. The molecule has 0 radical (unpaired) electrons. The Hall–Kier alpha value is -4.56. The van der Waals surface area contributed by atoms with E-state index >= 15 is 0 Å². The number of non-ortho nitro benzene ring substituents is 1. The van der Waals surface area contributed by atoms with E-state index in [2.05, 4.69) is 10.2 Å². The van der Waals surface area contributed by atoms with Gasteiger partial charge in [0.1, 0.15) is 0 Å². The van der Waals surface area contributed by atoms with E-state index in [1.807, 2.05) is 43.5 Å². The molecule has 256 valence electrons. The molecule has 0 saturated heterocycles. The van der Waals surface area contributed by atoms with Gasteiger partial charge < -0.3 is 9.47 Å². The molecule has 0 saturated carbocycles. The fourth-order valence-electron chi connectivity index (χ4n) is 5.82. The molecular formula is C35H31Cl2N7O4S2. The first-order chi connectivity index (χ1) is 24.0. The SMILES string of the molecule is CCN(CC)C(=O)C1=C(C)N=c2s/c(=C\c3cc([N+](=O)[O-])ccc3Sc3nnc(-c4cccc(Cl)c4)n3CC)c(=O)n2[C@H]1c1ccc(Cl)cc1. The van der Waals surface area contributed by atoms with Crippen LogP contribution in [0.4, 0.5) is 5.69 Å². The summed E-state index contributed by atoms with van der Waals surface area (Å²) in [4.78, 5) is 47.1. The molecule has 1 amide bonds. The van der Waals surface area contributed by atoms with Crippen LogP contribution in [-0.4, -0.2) is 48.2 Å². The second-order valence-corrected chi connectivity index (χ2v) is 14.1. The molecule has 1 atom stereocenters. The standard InChI is InChI=1S/C35H31Cl2N7O4S2/c1-5-41(6-2)33(46)29-20(4)38-34-43(30(29)21-11-13-24(36)14-12-21)32(45)28(50-34)19-23-18-26(44(47)48)15-16-27(23)49-35-40-39-31(42(35)7-3)22-9-8-10-25(37)17-22/h8-19,30H,5-7H2,1-4H3/b28-19-/t30-/m0/s1. The van der Waals surface area contributed by atoms with Crippen LogP contribution < -0.4 is 14.9 Å². The lowest BCUT2D eigenvalue weighted by atomic mass is 9.94. The van der Waals surface area contributed by atoms with Gasteiger partial charge in [0.2, 0.25) is 0 Å². The van der Waals surface area contributed by atoms with Crippen molar-refractivity contribution in [3.05, 3.63) is 129 Å². The van der Waals surface area contributed by atoms with Crippen molar-refractivity contribution in [2.24, 2.45) is 4.99 Å². The molecule has 0 N–H and O–H groups in total. The molecule has 0 unspecified atom stereocenters. The quantitative estimate of drug-likeness (QED) is 0.114. The highest BCUT2D eigenvalue weighted by atomic mass is 35.5. The summed E-state index contributed by atoms with van der Waals surface area (Å²) in [5, 5.41) is 22.4. The Morgan fingerprint density at radius 3 is 2.44 bits per heavy atom. The normalized spacial score (nSPS) is 14.4. The van der Waals surface area contributed by atoms with Gasteiger partial charge in [0.05, 0.1) is 26.8 Å². The summed E-state index contributed by atoms with van der Waals surface area (Å²) in [5.74, 6) is 0.418. The van der Waals surface area contributed by atoms with E-state index in [4.69, 9.17) is 28.2 Å². The third kappa shape index (κ3) is 6.78. The van der Waals surface area contributed by atoms with Crippen molar-refractivity contribution in [1.29, 1.82) is 0 Å². The molecule has 3 heterocycles. The van der Waals surface area contributed by atoms with Crippen LogP contribution >= 0.6 is 46.3 Å². The van der Waals surface area contributed by atoms with Gasteiger partial charge in [-0.1, -0.05) is 58.8 Å². The average Bonchev–Trinajstić information content (AvgIpc) is 3.64. The van der Waals surface area contributed by atoms with Crippen LogP contribution in [0.5, 0.6) is 0 Å². The number of thiazole rings is 1. The number of rotatable bonds is 10. The van der Waals surface area contributed by atoms with Crippen LogP contribution in [0.2, 0.25) is 10.0 Å². The van der Waals surface area contributed by atoms with Gasteiger partial charge in [0.25, 0.3) is 17.2 Å². The molecule has 1 aliphatic heterocycles. The van der Waals surface area contributed by atoms with Crippen molar-refractivity contribution >= 4 is 64.0 Å². The van der Waals surface area contributed by atoms with Gasteiger partial charge in [-0.3, -0.25) is 24.3 Å². The first-order valence-electron chi connectivity index (χ1n) is 15.8. The number of amides is 1. The molecule has 15 heteroatoms. The van der Waals surface area contributed by atoms with E-state index in [9.17, 15) is 19.7 Å². The van der Waals surface area contributed by atoms with E-state index in [0.29, 0.717) is 77.3 Å². The van der Waals surface area contributed by atoms with Crippen molar-refractivity contribution in [3.8, 4) is 11.4 Å². The van der Waals surface area contributed by atoms with Gasteiger partial charge in [-0.05, 0) is 87.0 Å². The van der Waals surface area contributed by atoms with Gasteiger partial charge >= 0.3 is 0 Å². The first kappa shape index (κ1) is 35.3. The molecule has 5 aromatic rings. The minimum atomic E-state index is -0.759. The summed E-state index contributed by atoms with van der Waals surface area (Å²) < 4.78 is 3.75. The minimum Gasteiger partial charge on any atom is -0.339 e. The van der Waals surface area contributed by atoms with Gasteiger partial charge in [0.15, 0.2) is 15.8 Å². The van der Waals surface area contributed by atoms with Crippen molar-refractivity contribution in [1.82, 2.24) is 24.2 Å². The summed E-state index contributed by atoms with van der Waals surface area (Å²) in [5.41, 5.74) is 2.34. The van der Waals surface area contributed by atoms with Gasteiger partial charge in [-0.15, -0.1) is 10.2 Å². The molecule has 0 aliphatic carbocycles. The molecule has 0 bridgehead atoms. The second-order valence-electron chi connectivity index (χ2n) is 11.3. The summed E-state index contributed by atoms with van der Waals surface area (Å²) >= 11 is 14.9. The van der Waals surface area contributed by atoms with Crippen LogP contribution in [-0.2, 0) is 11.3 Å². The number of nitro groups is 1. The Labute approximate surface area is 305 Å². The van der Waals surface area contributed by atoms with Crippen LogP contribution in [0, 0.1) is 10.1 Å². The summed E-state index contributed by atoms with van der Waals surface area (Å²) in [6, 6.07) is 18.1. The van der Waals surface area contributed by atoms with Crippen molar-refractivity contribution in [2.45, 2.75) is 50.3 Å². The molecular weight excluding hydrogens is 717 g/mol. The number of benzene rings is 3. The van der Waals surface area contributed by atoms with Crippen LogP contribution in [0.25, 0.3) is 17.5 Å². The lowest BCUT2D eigenvalue weighted by Gasteiger charge is -2.29. The van der Waals surface area contributed by atoms with E-state index in [1.54, 1.807) is 54.3 Å². The maximum Gasteiger partial charge on any atom is 0.271 e. The smallest absolute Gasteiger partial charge is 0.271 e. The number of allylic oxidation sites excluding steroid dienone is 1. The van der Waals surface area contributed by atoms with E-state index in [0.717, 1.165) is 16.9 Å². The highest BCUT2D eigenvalue weighted by molar-refractivity contribution is 7.99. The van der Waals surface area contributed by atoms with Gasteiger partial charge in [-0.25, -0.2) is 4.99 Å². The Kier molecular flexibility index (Phi) is 10.4. The summed E-state index contributed by atoms with van der Waals surface area (Å²) in [6.07, 6.45) is 1.63. The van der Waals surface area contributed by atoms with Crippen LogP contribution in [0.1, 0.15) is 44.9 Å². The highest BCUT2D eigenvalue weighted by Crippen LogP contribution is 2.35. The average molecular weight is 749 g/mol. The number of carbonyl (C=O) groups is 1. The third-order valence-electron chi connectivity index (χ3n) is 8.30. The molecule has 6 rings (SSSR count). The molecule has 2 aromatic heterocycles. The summed E-state index contributed by atoms with van der Waals surface area (Å²) in [7, 11) is 0. The second kappa shape index (κ2) is 14.7. The van der Waals surface area contributed by atoms with E-state index < -0.39 is 11.0 Å². The molecule has 11 nitrogen and oxygen atoms in total. The fraction of sp³-hybridized carbons (Fsp3) is 0.229. The van der Waals surface area contributed by atoms with E-state index in [1.165, 1.54) is 28.5 Å². The Morgan fingerprint density at radius 1 is 1.04 bits per heavy atom. The first-order valence-corrected chi connectivity index (χ1v) is 18.2. The number of nitrogens with zero attached hydrogens (tertiary/aromatic N) is 7. The lowest BCUT2D eigenvalue weighted by molar-refractivity contribution is -0.384.